The van der Waals surface area contributed by atoms with E-state index in [4.69, 9.17) is 25.8 Å². The smallest absolute Gasteiger partial charge is 0.283 e. The third-order valence-electron chi connectivity index (χ3n) is 3.77. The topological polar surface area (TPSA) is 81.7 Å². The van der Waals surface area contributed by atoms with Crippen LogP contribution in [-0.2, 0) is 4.79 Å². The van der Waals surface area contributed by atoms with Crippen LogP contribution in [0.4, 0.5) is 5.13 Å². The number of hydrazine groups is 1. The predicted octanol–water partition coefficient (Wildman–Crippen LogP) is 3.24. The average Bonchev–Trinajstić information content (AvgIpc) is 3.11. The van der Waals surface area contributed by atoms with E-state index in [2.05, 4.69) is 15.8 Å². The van der Waals surface area contributed by atoms with Crippen LogP contribution in [0.2, 0.25) is 5.02 Å². The summed E-state index contributed by atoms with van der Waals surface area (Å²) < 4.78 is 17.3. The number of amides is 1. The molecule has 26 heavy (non-hydrogen) atoms. The Morgan fingerprint density at radius 2 is 2.12 bits per heavy atom. The maximum absolute atomic E-state index is 12.3. The van der Waals surface area contributed by atoms with E-state index in [1.165, 1.54) is 11.3 Å². The van der Waals surface area contributed by atoms with Crippen molar-refractivity contribution >= 4 is 44.2 Å². The number of ether oxygens (including phenoxy) is 3. The summed E-state index contributed by atoms with van der Waals surface area (Å²) in [5.74, 6) is 1.41. The molecule has 0 radical (unpaired) electrons. The first-order chi connectivity index (χ1) is 12.7. The van der Waals surface area contributed by atoms with Crippen molar-refractivity contribution in [1.82, 2.24) is 10.4 Å². The van der Waals surface area contributed by atoms with Crippen molar-refractivity contribution in [2.45, 2.75) is 6.10 Å². The molecule has 3 aromatic rings. The molecular formula is C17H14ClN3O4S. The Morgan fingerprint density at radius 3 is 2.92 bits per heavy atom. The molecule has 0 fully saturated rings. The van der Waals surface area contributed by atoms with Gasteiger partial charge in [-0.2, -0.15) is 0 Å². The van der Waals surface area contributed by atoms with Gasteiger partial charge in [-0.3, -0.25) is 15.6 Å². The number of rotatable bonds is 4. The van der Waals surface area contributed by atoms with Gasteiger partial charge in [0, 0.05) is 0 Å². The lowest BCUT2D eigenvalue weighted by molar-refractivity contribution is -0.129. The van der Waals surface area contributed by atoms with Gasteiger partial charge in [0.25, 0.3) is 5.91 Å². The lowest BCUT2D eigenvalue weighted by Crippen LogP contribution is -2.45. The first-order valence-electron chi connectivity index (χ1n) is 7.73. The van der Waals surface area contributed by atoms with E-state index in [1.807, 2.05) is 12.1 Å². The molecule has 0 saturated carbocycles. The van der Waals surface area contributed by atoms with E-state index in [0.29, 0.717) is 32.9 Å². The minimum Gasteiger partial charge on any atom is -0.494 e. The molecule has 1 atom stereocenters. The second-order valence-electron chi connectivity index (χ2n) is 5.42. The third kappa shape index (κ3) is 3.09. The van der Waals surface area contributed by atoms with Crippen LogP contribution in [-0.4, -0.2) is 30.7 Å². The highest BCUT2D eigenvalue weighted by Crippen LogP contribution is 2.37. The number of aromatic nitrogens is 1. The van der Waals surface area contributed by atoms with Gasteiger partial charge in [0.05, 0.1) is 16.8 Å². The molecule has 134 valence electrons. The molecule has 9 heteroatoms. The SMILES string of the molecule is COc1ccc(Cl)c2sc(NNC(=O)[C@@H]3COc4ccccc4O3)nc12. The van der Waals surface area contributed by atoms with E-state index in [1.54, 1.807) is 31.4 Å². The van der Waals surface area contributed by atoms with E-state index >= 15 is 0 Å². The van der Waals surface area contributed by atoms with Crippen LogP contribution in [0.15, 0.2) is 36.4 Å². The standard InChI is InChI=1S/C17H14ClN3O4S/c1-23-12-7-6-9(18)15-14(12)19-17(26-15)21-20-16(22)13-8-24-10-4-2-3-5-11(10)25-13/h2-7,13H,8H2,1H3,(H,19,21)(H,20,22)/t13-/m0/s1. The fourth-order valence-electron chi connectivity index (χ4n) is 2.51. The molecule has 0 spiro atoms. The molecule has 0 saturated heterocycles. The average molecular weight is 392 g/mol. The molecule has 7 nitrogen and oxygen atoms in total. The number of thiazole rings is 1. The summed E-state index contributed by atoms with van der Waals surface area (Å²) in [6.45, 7) is 0.129. The first-order valence-corrected chi connectivity index (χ1v) is 8.92. The van der Waals surface area contributed by atoms with Crippen molar-refractivity contribution in [1.29, 1.82) is 0 Å². The van der Waals surface area contributed by atoms with Crippen molar-refractivity contribution in [2.75, 3.05) is 19.1 Å². The summed E-state index contributed by atoms with van der Waals surface area (Å²) >= 11 is 7.50. The van der Waals surface area contributed by atoms with Crippen LogP contribution in [0.1, 0.15) is 0 Å². The Hall–Kier alpha value is -2.71. The summed E-state index contributed by atoms with van der Waals surface area (Å²) in [5, 5.41) is 1.05. The van der Waals surface area contributed by atoms with E-state index in [9.17, 15) is 4.79 Å². The highest BCUT2D eigenvalue weighted by Gasteiger charge is 2.27. The molecule has 1 aliphatic rings. The molecule has 1 aromatic heterocycles. The highest BCUT2D eigenvalue weighted by molar-refractivity contribution is 7.22. The van der Waals surface area contributed by atoms with Crippen LogP contribution < -0.4 is 25.1 Å². The highest BCUT2D eigenvalue weighted by atomic mass is 35.5. The normalized spacial score (nSPS) is 15.5. The number of para-hydroxylation sites is 2. The minimum absolute atomic E-state index is 0.129. The number of hydrogen-bond donors (Lipinski definition) is 2. The van der Waals surface area contributed by atoms with Crippen molar-refractivity contribution in [3.05, 3.63) is 41.4 Å². The predicted molar refractivity (Wildman–Crippen MR) is 99.3 cm³/mol. The Labute approximate surface area is 157 Å². The molecule has 2 aromatic carbocycles. The van der Waals surface area contributed by atoms with Crippen molar-refractivity contribution in [2.24, 2.45) is 0 Å². The van der Waals surface area contributed by atoms with Crippen molar-refractivity contribution < 1.29 is 19.0 Å². The van der Waals surface area contributed by atoms with Crippen LogP contribution >= 0.6 is 22.9 Å². The Bertz CT molecular complexity index is 978. The number of benzene rings is 2. The van der Waals surface area contributed by atoms with Crippen LogP contribution in [0.3, 0.4) is 0 Å². The van der Waals surface area contributed by atoms with E-state index in [-0.39, 0.29) is 12.5 Å². The quantitative estimate of drug-likeness (QED) is 0.664. The number of halogens is 1. The van der Waals surface area contributed by atoms with E-state index < -0.39 is 6.10 Å². The Morgan fingerprint density at radius 1 is 1.31 bits per heavy atom. The molecule has 1 amide bonds. The van der Waals surface area contributed by atoms with Gasteiger partial charge in [-0.05, 0) is 24.3 Å². The van der Waals surface area contributed by atoms with Crippen LogP contribution in [0.25, 0.3) is 10.2 Å². The maximum Gasteiger partial charge on any atom is 0.283 e. The van der Waals surface area contributed by atoms with Gasteiger partial charge in [-0.1, -0.05) is 35.1 Å². The van der Waals surface area contributed by atoms with Gasteiger partial charge in [-0.25, -0.2) is 4.98 Å². The van der Waals surface area contributed by atoms with Crippen LogP contribution in [0.5, 0.6) is 17.2 Å². The van der Waals surface area contributed by atoms with Gasteiger partial charge in [-0.15, -0.1) is 0 Å². The van der Waals surface area contributed by atoms with E-state index in [0.717, 1.165) is 4.70 Å². The molecular weight excluding hydrogens is 378 g/mol. The van der Waals surface area contributed by atoms with Gasteiger partial charge in [0.15, 0.2) is 11.5 Å². The number of anilines is 1. The number of fused-ring (bicyclic) bond motifs is 2. The minimum atomic E-state index is -0.759. The molecule has 2 heterocycles. The summed E-state index contributed by atoms with van der Waals surface area (Å²) in [5.41, 5.74) is 6.01. The number of hydrogen-bond acceptors (Lipinski definition) is 7. The van der Waals surface area contributed by atoms with Crippen LogP contribution in [0, 0.1) is 0 Å². The molecule has 4 rings (SSSR count). The largest absolute Gasteiger partial charge is 0.494 e. The van der Waals surface area contributed by atoms with Gasteiger partial charge >= 0.3 is 0 Å². The third-order valence-corrected chi connectivity index (χ3v) is 5.20. The number of carbonyl (C=O) groups excluding carboxylic acids is 1. The zero-order valence-corrected chi connectivity index (χ0v) is 15.2. The summed E-state index contributed by atoms with van der Waals surface area (Å²) in [6, 6.07) is 10.7. The fourth-order valence-corrected chi connectivity index (χ4v) is 3.62. The lowest BCUT2D eigenvalue weighted by atomic mass is 10.2. The second-order valence-corrected chi connectivity index (χ2v) is 6.83. The van der Waals surface area contributed by atoms with Gasteiger partial charge in [0.2, 0.25) is 11.2 Å². The Balaban J connectivity index is 1.45. The summed E-state index contributed by atoms with van der Waals surface area (Å²) in [6.07, 6.45) is -0.759. The number of nitrogens with one attached hydrogen (secondary N) is 2. The van der Waals surface area contributed by atoms with Crippen molar-refractivity contribution in [3.63, 3.8) is 0 Å². The first kappa shape index (κ1) is 16.7. The summed E-state index contributed by atoms with van der Waals surface area (Å²) in [4.78, 5) is 16.7. The lowest BCUT2D eigenvalue weighted by Gasteiger charge is -2.25. The summed E-state index contributed by atoms with van der Waals surface area (Å²) in [7, 11) is 1.56. The number of methoxy groups -OCH3 is 1. The zero-order chi connectivity index (χ0) is 18.1. The molecule has 2 N–H and O–H groups in total. The van der Waals surface area contributed by atoms with Gasteiger partial charge < -0.3 is 14.2 Å². The molecule has 0 bridgehead atoms. The fraction of sp³-hybridized carbons (Fsp3) is 0.176. The molecule has 1 aliphatic heterocycles. The zero-order valence-electron chi connectivity index (χ0n) is 13.6. The number of nitrogens with zero attached hydrogens (tertiary/aromatic N) is 1. The molecule has 0 unspecified atom stereocenters. The monoisotopic (exact) mass is 391 g/mol. The van der Waals surface area contributed by atoms with Gasteiger partial charge in [0.1, 0.15) is 17.9 Å². The maximum atomic E-state index is 12.3. The molecule has 0 aliphatic carbocycles. The number of carbonyl (C=O) groups is 1. The Kier molecular flexibility index (Phi) is 4.44. The second kappa shape index (κ2) is 6.89. The van der Waals surface area contributed by atoms with Crippen molar-refractivity contribution in [3.8, 4) is 17.2 Å².